The molecule has 1 heterocycles. The van der Waals surface area contributed by atoms with Crippen molar-refractivity contribution in [3.05, 3.63) is 35.4 Å². The summed E-state index contributed by atoms with van der Waals surface area (Å²) in [7, 11) is -2.90. The Labute approximate surface area is 138 Å². The zero-order valence-corrected chi connectivity index (χ0v) is 14.8. The second-order valence-electron chi connectivity index (χ2n) is 6.70. The molecule has 6 heteroatoms. The highest BCUT2D eigenvalue weighted by Crippen LogP contribution is 2.24. The molecule has 0 radical (unpaired) electrons. The molecule has 0 spiro atoms. The van der Waals surface area contributed by atoms with Gasteiger partial charge in [0.2, 0.25) is 0 Å². The fraction of sp³-hybridized carbons (Fsp3) is 0.588. The molecule has 0 aliphatic carbocycles. The van der Waals surface area contributed by atoms with E-state index in [1.165, 1.54) is 0 Å². The Morgan fingerprint density at radius 2 is 2.00 bits per heavy atom. The first-order chi connectivity index (χ1) is 10.8. The third-order valence-electron chi connectivity index (χ3n) is 4.35. The van der Waals surface area contributed by atoms with Gasteiger partial charge in [-0.15, -0.1) is 0 Å². The molecule has 1 aromatic carbocycles. The van der Waals surface area contributed by atoms with Gasteiger partial charge < -0.3 is 10.6 Å². The van der Waals surface area contributed by atoms with Gasteiger partial charge in [-0.25, -0.2) is 13.2 Å². The minimum absolute atomic E-state index is 0.0294. The molecular weight excluding hydrogens is 312 g/mol. The number of nitrogens with one attached hydrogen (secondary N) is 2. The number of benzene rings is 1. The third kappa shape index (κ3) is 4.96. The van der Waals surface area contributed by atoms with Crippen molar-refractivity contribution in [2.45, 2.75) is 33.2 Å². The molecule has 1 aliphatic rings. The zero-order chi connectivity index (χ0) is 17.0. The van der Waals surface area contributed by atoms with E-state index in [-0.39, 0.29) is 35.4 Å². The Balaban J connectivity index is 1.93. The number of sulfone groups is 1. The summed E-state index contributed by atoms with van der Waals surface area (Å²) in [4.78, 5) is 12.2. The molecule has 1 saturated heterocycles. The van der Waals surface area contributed by atoms with Crippen molar-refractivity contribution in [1.29, 1.82) is 0 Å². The number of hydrogen-bond acceptors (Lipinski definition) is 3. The first-order valence-electron chi connectivity index (χ1n) is 8.09. The van der Waals surface area contributed by atoms with Gasteiger partial charge >= 0.3 is 6.03 Å². The van der Waals surface area contributed by atoms with E-state index in [0.29, 0.717) is 13.0 Å². The number of carbonyl (C=O) groups excluding carboxylic acids is 1. The Morgan fingerprint density at radius 3 is 2.57 bits per heavy atom. The summed E-state index contributed by atoms with van der Waals surface area (Å²) in [5, 5.41) is 5.84. The summed E-state index contributed by atoms with van der Waals surface area (Å²) in [5.41, 5.74) is 2.26. The summed E-state index contributed by atoms with van der Waals surface area (Å²) >= 11 is 0. The minimum Gasteiger partial charge on any atom is -0.338 e. The molecule has 2 N–H and O–H groups in total. The summed E-state index contributed by atoms with van der Waals surface area (Å²) in [5.74, 6) is 0.702. The molecule has 1 fully saturated rings. The van der Waals surface area contributed by atoms with Crippen molar-refractivity contribution in [3.8, 4) is 0 Å². The van der Waals surface area contributed by atoms with Crippen LogP contribution in [-0.4, -0.2) is 32.5 Å². The van der Waals surface area contributed by atoms with Gasteiger partial charge in [-0.3, -0.25) is 0 Å². The van der Waals surface area contributed by atoms with Crippen LogP contribution in [0.4, 0.5) is 4.79 Å². The van der Waals surface area contributed by atoms with E-state index in [1.807, 2.05) is 31.2 Å². The van der Waals surface area contributed by atoms with E-state index in [2.05, 4.69) is 24.5 Å². The molecule has 128 valence electrons. The monoisotopic (exact) mass is 338 g/mol. The number of aryl methyl sites for hydroxylation is 1. The lowest BCUT2D eigenvalue weighted by atomic mass is 9.93. The largest absolute Gasteiger partial charge is 0.338 e. The molecule has 0 saturated carbocycles. The molecule has 1 aliphatic heterocycles. The van der Waals surface area contributed by atoms with E-state index in [4.69, 9.17) is 0 Å². The van der Waals surface area contributed by atoms with E-state index in [0.717, 1.165) is 11.1 Å². The first kappa shape index (κ1) is 17.8. The summed E-state index contributed by atoms with van der Waals surface area (Å²) in [6, 6.07) is 7.72. The van der Waals surface area contributed by atoms with Gasteiger partial charge in [-0.2, -0.15) is 0 Å². The van der Waals surface area contributed by atoms with Crippen molar-refractivity contribution in [1.82, 2.24) is 10.6 Å². The molecule has 2 rings (SSSR count). The fourth-order valence-corrected chi connectivity index (χ4v) is 4.86. The van der Waals surface area contributed by atoms with Gasteiger partial charge in [-0.1, -0.05) is 38.1 Å². The summed E-state index contributed by atoms with van der Waals surface area (Å²) in [6.45, 7) is 6.58. The SMILES string of the molecule is Cc1ccccc1C(NC(=O)NCC1CCS(=O)(=O)C1)C(C)C. The van der Waals surface area contributed by atoms with Gasteiger partial charge in [-0.05, 0) is 36.3 Å². The lowest BCUT2D eigenvalue weighted by Crippen LogP contribution is -2.42. The lowest BCUT2D eigenvalue weighted by molar-refractivity contribution is 0.231. The number of hydrogen-bond donors (Lipinski definition) is 2. The molecule has 23 heavy (non-hydrogen) atoms. The highest BCUT2D eigenvalue weighted by atomic mass is 32.2. The van der Waals surface area contributed by atoms with Gasteiger partial charge in [0.25, 0.3) is 0 Å². The van der Waals surface area contributed by atoms with E-state index < -0.39 is 9.84 Å². The van der Waals surface area contributed by atoms with Crippen molar-refractivity contribution >= 4 is 15.9 Å². The van der Waals surface area contributed by atoms with Crippen LogP contribution in [-0.2, 0) is 9.84 Å². The van der Waals surface area contributed by atoms with E-state index in [1.54, 1.807) is 0 Å². The lowest BCUT2D eigenvalue weighted by Gasteiger charge is -2.25. The highest BCUT2D eigenvalue weighted by molar-refractivity contribution is 7.91. The Bertz CT molecular complexity index is 656. The second kappa shape index (κ2) is 7.34. The Morgan fingerprint density at radius 1 is 1.30 bits per heavy atom. The average molecular weight is 338 g/mol. The maximum Gasteiger partial charge on any atom is 0.315 e. The zero-order valence-electron chi connectivity index (χ0n) is 14.0. The maximum absolute atomic E-state index is 12.2. The van der Waals surface area contributed by atoms with Gasteiger partial charge in [0.15, 0.2) is 9.84 Å². The van der Waals surface area contributed by atoms with E-state index in [9.17, 15) is 13.2 Å². The number of amides is 2. The predicted octanol–water partition coefficient (Wildman–Crippen LogP) is 2.43. The molecular formula is C17H26N2O3S. The minimum atomic E-state index is -2.90. The van der Waals surface area contributed by atoms with Crippen LogP contribution in [0.5, 0.6) is 0 Å². The average Bonchev–Trinajstić information content (AvgIpc) is 2.83. The molecule has 2 amide bonds. The molecule has 2 atom stereocenters. The second-order valence-corrected chi connectivity index (χ2v) is 8.93. The van der Waals surface area contributed by atoms with Gasteiger partial charge in [0.1, 0.15) is 0 Å². The smallest absolute Gasteiger partial charge is 0.315 e. The first-order valence-corrected chi connectivity index (χ1v) is 9.91. The topological polar surface area (TPSA) is 75.3 Å². The van der Waals surface area contributed by atoms with Crippen LogP contribution >= 0.6 is 0 Å². The number of carbonyl (C=O) groups is 1. The molecule has 1 aromatic rings. The third-order valence-corrected chi connectivity index (χ3v) is 6.19. The Kier molecular flexibility index (Phi) is 5.68. The fourth-order valence-electron chi connectivity index (χ4n) is 3.00. The van der Waals surface area contributed by atoms with E-state index >= 15 is 0 Å². The predicted molar refractivity (Wildman–Crippen MR) is 92.1 cm³/mol. The van der Waals surface area contributed by atoms with Crippen LogP contribution in [0.15, 0.2) is 24.3 Å². The maximum atomic E-state index is 12.2. The molecule has 0 aromatic heterocycles. The Hall–Kier alpha value is -1.56. The molecule has 5 nitrogen and oxygen atoms in total. The van der Waals surface area contributed by atoms with Crippen LogP contribution < -0.4 is 10.6 Å². The van der Waals surface area contributed by atoms with Crippen LogP contribution in [0.25, 0.3) is 0 Å². The van der Waals surface area contributed by atoms with Crippen molar-refractivity contribution in [2.75, 3.05) is 18.1 Å². The van der Waals surface area contributed by atoms with Crippen molar-refractivity contribution in [2.24, 2.45) is 11.8 Å². The van der Waals surface area contributed by atoms with Crippen LogP contribution in [0.3, 0.4) is 0 Å². The number of urea groups is 1. The molecule has 0 bridgehead atoms. The number of rotatable bonds is 5. The highest BCUT2D eigenvalue weighted by Gasteiger charge is 2.28. The summed E-state index contributed by atoms with van der Waals surface area (Å²) in [6.07, 6.45) is 0.633. The van der Waals surface area contributed by atoms with Gasteiger partial charge in [0, 0.05) is 6.54 Å². The molecule has 2 unspecified atom stereocenters. The van der Waals surface area contributed by atoms with Gasteiger partial charge in [0.05, 0.1) is 17.5 Å². The van der Waals surface area contributed by atoms with Crippen LogP contribution in [0.2, 0.25) is 0 Å². The van der Waals surface area contributed by atoms with Crippen molar-refractivity contribution in [3.63, 3.8) is 0 Å². The quantitative estimate of drug-likeness (QED) is 0.866. The normalized spacial score (nSPS) is 21.1. The van der Waals surface area contributed by atoms with Crippen LogP contribution in [0, 0.1) is 18.8 Å². The standard InChI is InChI=1S/C17H26N2O3S/c1-12(2)16(15-7-5-4-6-13(15)3)19-17(20)18-10-14-8-9-23(21,22)11-14/h4-7,12,14,16H,8-11H2,1-3H3,(H2,18,19,20). The van der Waals surface area contributed by atoms with Crippen LogP contribution in [0.1, 0.15) is 37.4 Å². The summed E-state index contributed by atoms with van der Waals surface area (Å²) < 4.78 is 22.9. The van der Waals surface area contributed by atoms with Crippen molar-refractivity contribution < 1.29 is 13.2 Å².